The van der Waals surface area contributed by atoms with Gasteiger partial charge in [0.1, 0.15) is 11.2 Å². The first-order chi connectivity index (χ1) is 11.2. The first-order valence-corrected chi connectivity index (χ1v) is 7.86. The van der Waals surface area contributed by atoms with Crippen LogP contribution in [-0.4, -0.2) is 5.97 Å². The molecule has 2 heterocycles. The normalized spacial score (nSPS) is 12.2. The van der Waals surface area contributed by atoms with Crippen LogP contribution >= 0.6 is 0 Å². The van der Waals surface area contributed by atoms with E-state index in [-0.39, 0.29) is 18.3 Å². The van der Waals surface area contributed by atoms with Crippen LogP contribution in [0.1, 0.15) is 43.9 Å². The molecular formula is C19H19O5-. The molecule has 0 aliphatic heterocycles. The predicted molar refractivity (Wildman–Crippen MR) is 89.0 cm³/mol. The van der Waals surface area contributed by atoms with Crippen molar-refractivity contribution >= 4 is 27.9 Å². The van der Waals surface area contributed by atoms with Crippen molar-refractivity contribution in [3.63, 3.8) is 0 Å². The van der Waals surface area contributed by atoms with Gasteiger partial charge in [-0.05, 0) is 36.8 Å². The maximum atomic E-state index is 12.2. The Labute approximate surface area is 138 Å². The molecule has 0 saturated heterocycles. The van der Waals surface area contributed by atoms with Crippen molar-refractivity contribution in [1.82, 2.24) is 0 Å². The summed E-state index contributed by atoms with van der Waals surface area (Å²) in [4.78, 5) is 22.9. The highest BCUT2D eigenvalue weighted by Gasteiger charge is 2.21. The summed E-state index contributed by atoms with van der Waals surface area (Å²) in [5, 5.41) is 12.5. The van der Waals surface area contributed by atoms with Crippen LogP contribution in [0.2, 0.25) is 0 Å². The molecule has 0 amide bonds. The Morgan fingerprint density at radius 2 is 1.88 bits per heavy atom. The van der Waals surface area contributed by atoms with Crippen LogP contribution in [0.15, 0.2) is 32.0 Å². The lowest BCUT2D eigenvalue weighted by molar-refractivity contribution is -0.305. The molecule has 1 aromatic carbocycles. The van der Waals surface area contributed by atoms with Gasteiger partial charge in [-0.1, -0.05) is 20.8 Å². The maximum absolute atomic E-state index is 12.2. The lowest BCUT2D eigenvalue weighted by Gasteiger charge is -2.16. The Balaban J connectivity index is 2.27. The molecule has 24 heavy (non-hydrogen) atoms. The van der Waals surface area contributed by atoms with Crippen molar-refractivity contribution in [2.75, 3.05) is 0 Å². The summed E-state index contributed by atoms with van der Waals surface area (Å²) in [6.07, 6.45) is 1.62. The first-order valence-electron chi connectivity index (χ1n) is 7.86. The van der Waals surface area contributed by atoms with Gasteiger partial charge < -0.3 is 18.7 Å². The fourth-order valence-electron chi connectivity index (χ4n) is 3.01. The molecule has 0 unspecified atom stereocenters. The number of benzene rings is 1. The maximum Gasteiger partial charge on any atom is 0.339 e. The van der Waals surface area contributed by atoms with E-state index in [1.54, 1.807) is 12.3 Å². The summed E-state index contributed by atoms with van der Waals surface area (Å²) in [5.41, 5.74) is 2.71. The molecule has 0 atom stereocenters. The van der Waals surface area contributed by atoms with E-state index in [0.717, 1.165) is 21.9 Å². The zero-order valence-electron chi connectivity index (χ0n) is 14.2. The standard InChI is InChI=1S/C19H20O5/c1-10-11(5-6-17(20)21)18(22)24-16-8-15-13(7-12(10)16)14(9-23-15)19(2,3)4/h7-9H,5-6H2,1-4H3,(H,20,21)/p-1. The highest BCUT2D eigenvalue weighted by Crippen LogP contribution is 2.35. The second kappa shape index (κ2) is 5.51. The van der Waals surface area contributed by atoms with Crippen LogP contribution in [0.25, 0.3) is 21.9 Å². The zero-order valence-corrected chi connectivity index (χ0v) is 14.2. The van der Waals surface area contributed by atoms with Gasteiger partial charge >= 0.3 is 5.63 Å². The minimum atomic E-state index is -1.19. The molecule has 0 saturated carbocycles. The zero-order chi connectivity index (χ0) is 17.6. The van der Waals surface area contributed by atoms with E-state index >= 15 is 0 Å². The van der Waals surface area contributed by atoms with E-state index in [0.29, 0.717) is 16.7 Å². The number of carbonyl (C=O) groups is 1. The van der Waals surface area contributed by atoms with Crippen molar-refractivity contribution in [2.24, 2.45) is 0 Å². The van der Waals surface area contributed by atoms with Crippen molar-refractivity contribution in [3.8, 4) is 0 Å². The topological polar surface area (TPSA) is 83.5 Å². The van der Waals surface area contributed by atoms with Crippen molar-refractivity contribution < 1.29 is 18.7 Å². The molecule has 0 fully saturated rings. The van der Waals surface area contributed by atoms with E-state index in [1.807, 2.05) is 13.0 Å². The van der Waals surface area contributed by atoms with Gasteiger partial charge in [-0.2, -0.15) is 0 Å². The highest BCUT2D eigenvalue weighted by molar-refractivity contribution is 5.96. The van der Waals surface area contributed by atoms with E-state index in [1.165, 1.54) is 0 Å². The third-order valence-electron chi connectivity index (χ3n) is 4.37. The molecule has 0 bridgehead atoms. The van der Waals surface area contributed by atoms with Gasteiger partial charge in [0.15, 0.2) is 0 Å². The second-order valence-corrected chi connectivity index (χ2v) is 7.11. The van der Waals surface area contributed by atoms with E-state index in [2.05, 4.69) is 20.8 Å². The third kappa shape index (κ3) is 2.70. The number of hydrogen-bond acceptors (Lipinski definition) is 5. The van der Waals surface area contributed by atoms with Gasteiger partial charge in [0, 0.05) is 33.9 Å². The molecule has 126 valence electrons. The number of fused-ring (bicyclic) bond motifs is 2. The Kier molecular flexibility index (Phi) is 3.74. The van der Waals surface area contributed by atoms with Crippen molar-refractivity contribution in [2.45, 2.75) is 46.0 Å². The Bertz CT molecular complexity index is 998. The summed E-state index contributed by atoms with van der Waals surface area (Å²) in [6, 6.07) is 3.67. The molecule has 0 aliphatic carbocycles. The molecule has 3 rings (SSSR count). The second-order valence-electron chi connectivity index (χ2n) is 7.11. The number of hydrogen-bond donors (Lipinski definition) is 0. The number of aliphatic carboxylic acids is 1. The van der Waals surface area contributed by atoms with Crippen LogP contribution in [0.3, 0.4) is 0 Å². The third-order valence-corrected chi connectivity index (χ3v) is 4.37. The van der Waals surface area contributed by atoms with Gasteiger partial charge in [-0.25, -0.2) is 4.79 Å². The fraction of sp³-hybridized carbons (Fsp3) is 0.368. The summed E-state index contributed by atoms with van der Waals surface area (Å²) in [6.45, 7) is 8.12. The minimum absolute atomic E-state index is 0.0831. The summed E-state index contributed by atoms with van der Waals surface area (Å²) in [7, 11) is 0. The summed E-state index contributed by atoms with van der Waals surface area (Å²) in [5.74, 6) is -1.19. The van der Waals surface area contributed by atoms with Crippen LogP contribution in [0.4, 0.5) is 0 Å². The molecular weight excluding hydrogens is 308 g/mol. The molecule has 0 spiro atoms. The van der Waals surface area contributed by atoms with Gasteiger partial charge in [-0.3, -0.25) is 0 Å². The average Bonchev–Trinajstić information content (AvgIpc) is 2.87. The number of rotatable bonds is 3. The van der Waals surface area contributed by atoms with Crippen molar-refractivity contribution in [1.29, 1.82) is 0 Å². The summed E-state index contributed by atoms with van der Waals surface area (Å²) < 4.78 is 11.0. The van der Waals surface area contributed by atoms with Crippen LogP contribution < -0.4 is 10.7 Å². The Morgan fingerprint density at radius 3 is 2.50 bits per heavy atom. The molecule has 5 nitrogen and oxygen atoms in total. The molecule has 5 heteroatoms. The first kappa shape index (κ1) is 16.3. The smallest absolute Gasteiger partial charge is 0.339 e. The molecule has 0 aliphatic rings. The number of carbonyl (C=O) groups excluding carboxylic acids is 1. The number of carboxylic acids is 1. The summed E-state index contributed by atoms with van der Waals surface area (Å²) >= 11 is 0. The van der Waals surface area contributed by atoms with E-state index < -0.39 is 11.6 Å². The minimum Gasteiger partial charge on any atom is -0.550 e. The van der Waals surface area contributed by atoms with E-state index in [9.17, 15) is 14.7 Å². The Hall–Kier alpha value is -2.56. The van der Waals surface area contributed by atoms with Gasteiger partial charge in [0.2, 0.25) is 0 Å². The SMILES string of the molecule is Cc1c(CCC(=O)[O-])c(=O)oc2cc3occ(C(C)(C)C)c3cc12. The monoisotopic (exact) mass is 327 g/mol. The number of furan rings is 1. The Morgan fingerprint density at radius 1 is 1.17 bits per heavy atom. The van der Waals surface area contributed by atoms with Gasteiger partial charge in [0.05, 0.1) is 6.26 Å². The largest absolute Gasteiger partial charge is 0.550 e. The lowest BCUT2D eigenvalue weighted by Crippen LogP contribution is -2.24. The van der Waals surface area contributed by atoms with Gasteiger partial charge in [-0.15, -0.1) is 0 Å². The van der Waals surface area contributed by atoms with Crippen LogP contribution in [-0.2, 0) is 16.6 Å². The van der Waals surface area contributed by atoms with E-state index in [4.69, 9.17) is 8.83 Å². The average molecular weight is 327 g/mol. The molecule has 2 aromatic heterocycles. The van der Waals surface area contributed by atoms with Gasteiger partial charge in [0.25, 0.3) is 0 Å². The highest BCUT2D eigenvalue weighted by atomic mass is 16.4. The molecule has 0 N–H and O–H groups in total. The number of carboxylic acid groups (broad SMARTS) is 1. The predicted octanol–water partition coefficient (Wildman–Crippen LogP) is 2.83. The number of aryl methyl sites for hydroxylation is 1. The molecule has 3 aromatic rings. The molecule has 0 radical (unpaired) electrons. The van der Waals surface area contributed by atoms with Crippen LogP contribution in [0.5, 0.6) is 0 Å². The van der Waals surface area contributed by atoms with Crippen LogP contribution in [0, 0.1) is 6.92 Å². The van der Waals surface area contributed by atoms with Crippen molar-refractivity contribution in [3.05, 3.63) is 45.5 Å². The lowest BCUT2D eigenvalue weighted by atomic mass is 9.86. The fourth-order valence-corrected chi connectivity index (χ4v) is 3.01. The quantitative estimate of drug-likeness (QED) is 0.691.